The van der Waals surface area contributed by atoms with E-state index in [1.165, 1.54) is 12.1 Å². The van der Waals surface area contributed by atoms with Crippen LogP contribution in [0.5, 0.6) is 6.01 Å². The number of halogens is 1. The van der Waals surface area contributed by atoms with E-state index >= 15 is 0 Å². The van der Waals surface area contributed by atoms with Crippen LogP contribution in [0.4, 0.5) is 4.39 Å². The Labute approximate surface area is 225 Å². The van der Waals surface area contributed by atoms with E-state index in [0.29, 0.717) is 60.4 Å². The molecule has 3 heterocycles. The van der Waals surface area contributed by atoms with Gasteiger partial charge in [0.1, 0.15) is 5.82 Å². The van der Waals surface area contributed by atoms with Crippen molar-refractivity contribution in [3.05, 3.63) is 84.1 Å². The Kier molecular flexibility index (Phi) is 7.94. The number of carbonyl (C=O) groups excluding carboxylic acids is 1. The number of hydrogen-bond acceptors (Lipinski definition) is 7. The fourth-order valence-electron chi connectivity index (χ4n) is 4.14. The van der Waals surface area contributed by atoms with Crippen molar-refractivity contribution in [1.29, 1.82) is 0 Å². The molecule has 0 aliphatic carbocycles. The molecule has 1 aliphatic rings. The van der Waals surface area contributed by atoms with Crippen LogP contribution in [0.2, 0.25) is 0 Å². The molecule has 202 valence electrons. The minimum absolute atomic E-state index is 0.147. The lowest BCUT2D eigenvalue weighted by Gasteiger charge is -2.36. The summed E-state index contributed by atoms with van der Waals surface area (Å²) in [6.07, 6.45) is 1.69. The van der Waals surface area contributed by atoms with Crippen LogP contribution >= 0.6 is 0 Å². The van der Waals surface area contributed by atoms with Crippen LogP contribution < -0.4 is 10.1 Å². The molecule has 4 aromatic rings. The maximum atomic E-state index is 13.6. The van der Waals surface area contributed by atoms with E-state index in [4.69, 9.17) is 19.2 Å². The van der Waals surface area contributed by atoms with Gasteiger partial charge in [0.2, 0.25) is 6.29 Å². The molecule has 2 aromatic carbocycles. The van der Waals surface area contributed by atoms with Gasteiger partial charge < -0.3 is 24.5 Å². The molecule has 0 spiro atoms. The summed E-state index contributed by atoms with van der Waals surface area (Å²) < 4.78 is 31.4. The number of aromatic nitrogens is 4. The predicted octanol–water partition coefficient (Wildman–Crippen LogP) is 4.94. The molecule has 1 amide bonds. The smallest absolute Gasteiger partial charge is 0.316 e. The first-order valence-electron chi connectivity index (χ1n) is 12.8. The van der Waals surface area contributed by atoms with E-state index in [9.17, 15) is 9.18 Å². The van der Waals surface area contributed by atoms with Gasteiger partial charge in [-0.25, -0.2) is 14.4 Å². The van der Waals surface area contributed by atoms with Crippen molar-refractivity contribution in [2.75, 3.05) is 26.4 Å². The molecule has 0 unspecified atom stereocenters. The average molecular weight is 532 g/mol. The molecular weight excluding hydrogens is 501 g/mol. The molecule has 39 heavy (non-hydrogen) atoms. The summed E-state index contributed by atoms with van der Waals surface area (Å²) in [5.41, 5.74) is 2.62. The third-order valence-corrected chi connectivity index (χ3v) is 6.27. The fraction of sp³-hybridized carbons (Fsp3) is 0.310. The van der Waals surface area contributed by atoms with Gasteiger partial charge >= 0.3 is 6.01 Å². The molecule has 10 heteroatoms. The molecule has 0 bridgehead atoms. The highest BCUT2D eigenvalue weighted by atomic mass is 19.1. The van der Waals surface area contributed by atoms with Crippen LogP contribution in [0.1, 0.15) is 42.7 Å². The number of imidazole rings is 1. The third-order valence-electron chi connectivity index (χ3n) is 6.27. The van der Waals surface area contributed by atoms with Crippen molar-refractivity contribution in [2.24, 2.45) is 5.41 Å². The van der Waals surface area contributed by atoms with E-state index in [1.54, 1.807) is 36.5 Å². The van der Waals surface area contributed by atoms with Crippen LogP contribution in [0.15, 0.2) is 66.9 Å². The summed E-state index contributed by atoms with van der Waals surface area (Å²) in [5.74, 6) is -0.0361. The van der Waals surface area contributed by atoms with Crippen molar-refractivity contribution in [3.63, 3.8) is 0 Å². The molecule has 9 nitrogen and oxygen atoms in total. The Morgan fingerprint density at radius 2 is 1.85 bits per heavy atom. The molecule has 1 aliphatic heterocycles. The number of nitrogens with one attached hydrogen (secondary N) is 2. The van der Waals surface area contributed by atoms with Gasteiger partial charge in [-0.05, 0) is 48.9 Å². The third kappa shape index (κ3) is 6.30. The van der Waals surface area contributed by atoms with Gasteiger partial charge in [-0.15, -0.1) is 0 Å². The van der Waals surface area contributed by atoms with Crippen molar-refractivity contribution in [1.82, 2.24) is 25.3 Å². The summed E-state index contributed by atoms with van der Waals surface area (Å²) in [6, 6.07) is 17.1. The lowest BCUT2D eigenvalue weighted by Crippen LogP contribution is -2.45. The van der Waals surface area contributed by atoms with E-state index in [-0.39, 0.29) is 17.7 Å². The number of amides is 1. The number of nitrogens with zero attached hydrogens (tertiary/aromatic N) is 3. The highest BCUT2D eigenvalue weighted by molar-refractivity contribution is 5.94. The van der Waals surface area contributed by atoms with Gasteiger partial charge in [-0.1, -0.05) is 32.0 Å². The molecule has 2 aromatic heterocycles. The second-order valence-electron chi connectivity index (χ2n) is 9.74. The second kappa shape index (κ2) is 11.7. The minimum Gasteiger partial charge on any atom is -0.463 e. The van der Waals surface area contributed by atoms with Crippen LogP contribution in [0.25, 0.3) is 22.6 Å². The van der Waals surface area contributed by atoms with Crippen LogP contribution in [0.3, 0.4) is 0 Å². The minimum atomic E-state index is -0.756. The predicted molar refractivity (Wildman–Crippen MR) is 142 cm³/mol. The highest BCUT2D eigenvalue weighted by Crippen LogP contribution is 2.35. The highest BCUT2D eigenvalue weighted by Gasteiger charge is 2.35. The normalized spacial score (nSPS) is 19.0. The molecular formula is C29H30FN5O4. The number of carbonyl (C=O) groups is 1. The Balaban J connectivity index is 1.34. The van der Waals surface area contributed by atoms with E-state index < -0.39 is 11.7 Å². The Bertz CT molecular complexity index is 1400. The number of ether oxygens (including phenoxy) is 3. The van der Waals surface area contributed by atoms with Gasteiger partial charge in [0, 0.05) is 29.3 Å². The Hall–Kier alpha value is -4.15. The molecule has 1 fully saturated rings. The zero-order chi connectivity index (χ0) is 27.2. The zero-order valence-corrected chi connectivity index (χ0v) is 21.8. The molecule has 0 saturated carbocycles. The van der Waals surface area contributed by atoms with Gasteiger partial charge in [0.25, 0.3) is 5.91 Å². The maximum Gasteiger partial charge on any atom is 0.316 e. The summed E-state index contributed by atoms with van der Waals surface area (Å²) in [4.78, 5) is 29.2. The average Bonchev–Trinajstić information content (AvgIpc) is 3.42. The van der Waals surface area contributed by atoms with Crippen molar-refractivity contribution in [2.45, 2.75) is 26.6 Å². The van der Waals surface area contributed by atoms with Crippen LogP contribution in [-0.2, 0) is 9.47 Å². The fourth-order valence-corrected chi connectivity index (χ4v) is 4.14. The first kappa shape index (κ1) is 26.5. The number of rotatable bonds is 9. The zero-order valence-electron chi connectivity index (χ0n) is 21.8. The SMILES string of the molecule is CCCOc1nccc(-c2[nH]c(C3OCC(C)(CNC(=O)c4ccccc4)CO3)nc2-c2ccc(F)cc2)n1. The molecule has 0 atom stereocenters. The summed E-state index contributed by atoms with van der Waals surface area (Å²) in [5, 5.41) is 2.97. The number of aromatic amines is 1. The standard InChI is InChI=1S/C29H30FN5O4/c1-3-15-37-28-31-14-13-22(33-28)24-23(19-9-11-21(30)12-10-19)34-25(35-24)27-38-17-29(2,18-39-27)16-32-26(36)20-7-5-4-6-8-20/h4-14,27H,3,15-18H2,1-2H3,(H,32,36)(H,34,35). The number of hydrogen-bond donors (Lipinski definition) is 2. The summed E-state index contributed by atoms with van der Waals surface area (Å²) >= 11 is 0. The Morgan fingerprint density at radius 3 is 2.56 bits per heavy atom. The number of H-pyrrole nitrogens is 1. The van der Waals surface area contributed by atoms with Crippen molar-refractivity contribution >= 4 is 5.91 Å². The monoisotopic (exact) mass is 531 g/mol. The first-order chi connectivity index (χ1) is 18.9. The van der Waals surface area contributed by atoms with Crippen LogP contribution in [-0.4, -0.2) is 52.2 Å². The quantitative estimate of drug-likeness (QED) is 0.315. The van der Waals surface area contributed by atoms with E-state index in [0.717, 1.165) is 6.42 Å². The maximum absolute atomic E-state index is 13.6. The first-order valence-corrected chi connectivity index (χ1v) is 12.8. The summed E-state index contributed by atoms with van der Waals surface area (Å²) in [7, 11) is 0. The number of benzene rings is 2. The van der Waals surface area contributed by atoms with E-state index in [1.807, 2.05) is 32.0 Å². The van der Waals surface area contributed by atoms with Crippen molar-refractivity contribution < 1.29 is 23.4 Å². The van der Waals surface area contributed by atoms with E-state index in [2.05, 4.69) is 20.3 Å². The van der Waals surface area contributed by atoms with Gasteiger partial charge in [-0.3, -0.25) is 4.79 Å². The molecule has 5 rings (SSSR count). The van der Waals surface area contributed by atoms with Gasteiger partial charge in [0.15, 0.2) is 5.82 Å². The van der Waals surface area contributed by atoms with Crippen molar-refractivity contribution in [3.8, 4) is 28.7 Å². The lowest BCUT2D eigenvalue weighted by atomic mass is 9.92. The second-order valence-corrected chi connectivity index (χ2v) is 9.74. The molecule has 1 saturated heterocycles. The molecule has 0 radical (unpaired) electrons. The molecule has 2 N–H and O–H groups in total. The largest absolute Gasteiger partial charge is 0.463 e. The van der Waals surface area contributed by atoms with Gasteiger partial charge in [-0.2, -0.15) is 4.98 Å². The summed E-state index contributed by atoms with van der Waals surface area (Å²) in [6.45, 7) is 5.57. The topological polar surface area (TPSA) is 111 Å². The van der Waals surface area contributed by atoms with Crippen LogP contribution in [0, 0.1) is 11.2 Å². The Morgan fingerprint density at radius 1 is 1.10 bits per heavy atom. The lowest BCUT2D eigenvalue weighted by molar-refractivity contribution is -0.231. The van der Waals surface area contributed by atoms with Gasteiger partial charge in [0.05, 0.1) is 36.9 Å².